The highest BCUT2D eigenvalue weighted by Gasteiger charge is 2.08. The van der Waals surface area contributed by atoms with Gasteiger partial charge in [-0.2, -0.15) is 4.98 Å². The summed E-state index contributed by atoms with van der Waals surface area (Å²) < 4.78 is 10.5. The summed E-state index contributed by atoms with van der Waals surface area (Å²) >= 11 is 0. The van der Waals surface area contributed by atoms with Crippen LogP contribution in [0.4, 0.5) is 5.69 Å². The fraction of sp³-hybridized carbons (Fsp3) is 0.333. The van der Waals surface area contributed by atoms with Crippen molar-refractivity contribution in [2.75, 3.05) is 12.3 Å². The van der Waals surface area contributed by atoms with Crippen molar-refractivity contribution in [2.24, 2.45) is 0 Å². The Balaban J connectivity index is 2.07. The second kappa shape index (κ2) is 5.45. The molecule has 0 saturated carbocycles. The molecule has 0 saturated heterocycles. The maximum atomic E-state index is 5.69. The summed E-state index contributed by atoms with van der Waals surface area (Å²) in [6, 6.07) is 7.33. The fourth-order valence-corrected chi connectivity index (χ4v) is 1.41. The first-order valence-electron chi connectivity index (χ1n) is 5.56. The Hall–Kier alpha value is -1.88. The van der Waals surface area contributed by atoms with E-state index in [9.17, 15) is 0 Å². The van der Waals surface area contributed by atoms with Gasteiger partial charge in [-0.3, -0.25) is 0 Å². The molecule has 0 aliphatic heterocycles. The van der Waals surface area contributed by atoms with Crippen LogP contribution in [0.2, 0.25) is 0 Å². The highest BCUT2D eigenvalue weighted by molar-refractivity contribution is 5.59. The van der Waals surface area contributed by atoms with Crippen molar-refractivity contribution in [2.45, 2.75) is 20.0 Å². The monoisotopic (exact) mass is 233 g/mol. The normalized spacial score (nSPS) is 10.6. The van der Waals surface area contributed by atoms with Crippen molar-refractivity contribution < 1.29 is 9.26 Å². The highest BCUT2D eigenvalue weighted by atomic mass is 16.5. The second-order valence-corrected chi connectivity index (χ2v) is 3.69. The Bertz CT molecular complexity index is 482. The van der Waals surface area contributed by atoms with Crippen molar-refractivity contribution in [3.63, 3.8) is 0 Å². The molecule has 0 radical (unpaired) electrons. The quantitative estimate of drug-likeness (QED) is 0.633. The van der Waals surface area contributed by atoms with Crippen LogP contribution >= 0.6 is 0 Å². The van der Waals surface area contributed by atoms with E-state index in [0.29, 0.717) is 30.6 Å². The second-order valence-electron chi connectivity index (χ2n) is 3.69. The number of rotatable bonds is 5. The van der Waals surface area contributed by atoms with E-state index in [-0.39, 0.29) is 0 Å². The zero-order chi connectivity index (χ0) is 12.1. The standard InChI is InChI=1S/C12H15N3O2/c1-2-6-16-8-11-14-12(17-15-11)9-4-3-5-10(13)7-9/h3-5,7H,2,6,8,13H2,1H3. The van der Waals surface area contributed by atoms with Crippen LogP contribution in [0.15, 0.2) is 28.8 Å². The number of ether oxygens (including phenoxy) is 1. The summed E-state index contributed by atoms with van der Waals surface area (Å²) in [4.78, 5) is 4.24. The Morgan fingerprint density at radius 1 is 1.41 bits per heavy atom. The lowest BCUT2D eigenvalue weighted by Crippen LogP contribution is -1.95. The molecular formula is C12H15N3O2. The van der Waals surface area contributed by atoms with Crippen LogP contribution in [0.25, 0.3) is 11.5 Å². The number of hydrogen-bond donors (Lipinski definition) is 1. The molecule has 0 aliphatic carbocycles. The summed E-state index contributed by atoms with van der Waals surface area (Å²) in [5.74, 6) is 1.02. The largest absolute Gasteiger partial charge is 0.399 e. The van der Waals surface area contributed by atoms with Crippen molar-refractivity contribution in [1.82, 2.24) is 10.1 Å². The van der Waals surface area contributed by atoms with Gasteiger partial charge in [-0.1, -0.05) is 18.1 Å². The van der Waals surface area contributed by atoms with Gasteiger partial charge in [0.05, 0.1) is 0 Å². The number of hydrogen-bond acceptors (Lipinski definition) is 5. The molecule has 2 N–H and O–H groups in total. The molecule has 0 spiro atoms. The molecule has 0 fully saturated rings. The van der Waals surface area contributed by atoms with Crippen LogP contribution in [0.1, 0.15) is 19.2 Å². The van der Waals surface area contributed by atoms with Crippen molar-refractivity contribution in [3.05, 3.63) is 30.1 Å². The molecular weight excluding hydrogens is 218 g/mol. The summed E-state index contributed by atoms with van der Waals surface area (Å²) in [5, 5.41) is 3.84. The Morgan fingerprint density at radius 3 is 3.06 bits per heavy atom. The fourth-order valence-electron chi connectivity index (χ4n) is 1.41. The maximum Gasteiger partial charge on any atom is 0.258 e. The Morgan fingerprint density at radius 2 is 2.29 bits per heavy atom. The topological polar surface area (TPSA) is 74.2 Å². The molecule has 0 unspecified atom stereocenters. The minimum absolute atomic E-state index is 0.375. The average molecular weight is 233 g/mol. The van der Waals surface area contributed by atoms with E-state index < -0.39 is 0 Å². The first-order chi connectivity index (χ1) is 8.29. The van der Waals surface area contributed by atoms with Gasteiger partial charge in [0.1, 0.15) is 6.61 Å². The molecule has 17 heavy (non-hydrogen) atoms. The molecule has 1 aromatic heterocycles. The van der Waals surface area contributed by atoms with E-state index in [4.69, 9.17) is 15.0 Å². The zero-order valence-electron chi connectivity index (χ0n) is 9.72. The van der Waals surface area contributed by atoms with Gasteiger partial charge in [-0.15, -0.1) is 0 Å². The average Bonchev–Trinajstić information content (AvgIpc) is 2.78. The van der Waals surface area contributed by atoms with Crippen LogP contribution in [-0.2, 0) is 11.3 Å². The number of aromatic nitrogens is 2. The molecule has 90 valence electrons. The lowest BCUT2D eigenvalue weighted by molar-refractivity contribution is 0.114. The maximum absolute atomic E-state index is 5.69. The van der Waals surface area contributed by atoms with Gasteiger partial charge in [0.25, 0.3) is 5.89 Å². The summed E-state index contributed by atoms with van der Waals surface area (Å²) in [5.41, 5.74) is 7.18. The van der Waals surface area contributed by atoms with Gasteiger partial charge in [0, 0.05) is 17.9 Å². The lowest BCUT2D eigenvalue weighted by atomic mass is 10.2. The van der Waals surface area contributed by atoms with Gasteiger partial charge in [-0.05, 0) is 24.6 Å². The summed E-state index contributed by atoms with van der Waals surface area (Å²) in [6.45, 7) is 3.12. The Kier molecular flexibility index (Phi) is 3.72. The predicted molar refractivity (Wildman–Crippen MR) is 64.1 cm³/mol. The smallest absolute Gasteiger partial charge is 0.258 e. The third kappa shape index (κ3) is 3.04. The van der Waals surface area contributed by atoms with Gasteiger partial charge in [0.2, 0.25) is 0 Å². The zero-order valence-corrected chi connectivity index (χ0v) is 9.72. The molecule has 5 heteroatoms. The van der Waals surface area contributed by atoms with E-state index in [1.165, 1.54) is 0 Å². The minimum atomic E-state index is 0.375. The highest BCUT2D eigenvalue weighted by Crippen LogP contribution is 2.19. The molecule has 0 atom stereocenters. The van der Waals surface area contributed by atoms with E-state index in [1.54, 1.807) is 6.07 Å². The molecule has 1 heterocycles. The van der Waals surface area contributed by atoms with Crippen molar-refractivity contribution in [1.29, 1.82) is 0 Å². The third-order valence-corrected chi connectivity index (χ3v) is 2.18. The van der Waals surface area contributed by atoms with Crippen LogP contribution in [-0.4, -0.2) is 16.7 Å². The van der Waals surface area contributed by atoms with Crippen LogP contribution < -0.4 is 5.73 Å². The molecule has 0 bridgehead atoms. The minimum Gasteiger partial charge on any atom is -0.399 e. The SMILES string of the molecule is CCCOCc1noc(-c2cccc(N)c2)n1. The predicted octanol–water partition coefficient (Wildman–Crippen LogP) is 2.25. The van der Waals surface area contributed by atoms with Gasteiger partial charge < -0.3 is 15.0 Å². The first kappa shape index (κ1) is 11.6. The summed E-state index contributed by atoms with van der Waals surface area (Å²) in [6.07, 6.45) is 0.972. The van der Waals surface area contributed by atoms with Gasteiger partial charge >= 0.3 is 0 Å². The van der Waals surface area contributed by atoms with E-state index in [2.05, 4.69) is 17.1 Å². The number of nitrogens with zero attached hydrogens (tertiary/aromatic N) is 2. The van der Waals surface area contributed by atoms with E-state index in [1.807, 2.05) is 18.2 Å². The van der Waals surface area contributed by atoms with Gasteiger partial charge in [0.15, 0.2) is 5.82 Å². The number of benzene rings is 1. The van der Waals surface area contributed by atoms with Crippen molar-refractivity contribution >= 4 is 5.69 Å². The molecule has 0 aliphatic rings. The third-order valence-electron chi connectivity index (χ3n) is 2.18. The van der Waals surface area contributed by atoms with Crippen molar-refractivity contribution in [3.8, 4) is 11.5 Å². The van der Waals surface area contributed by atoms with E-state index in [0.717, 1.165) is 12.0 Å². The molecule has 2 aromatic rings. The van der Waals surface area contributed by atoms with Gasteiger partial charge in [-0.25, -0.2) is 0 Å². The lowest BCUT2D eigenvalue weighted by Gasteiger charge is -1.96. The van der Waals surface area contributed by atoms with Crippen LogP contribution in [0.5, 0.6) is 0 Å². The molecule has 0 amide bonds. The number of nitrogen functional groups attached to an aromatic ring is 1. The molecule has 1 aromatic carbocycles. The first-order valence-corrected chi connectivity index (χ1v) is 5.56. The van der Waals surface area contributed by atoms with Crippen LogP contribution in [0.3, 0.4) is 0 Å². The summed E-state index contributed by atoms with van der Waals surface area (Å²) in [7, 11) is 0. The number of anilines is 1. The van der Waals surface area contributed by atoms with Crippen LogP contribution in [0, 0.1) is 0 Å². The molecule has 2 rings (SSSR count). The number of nitrogens with two attached hydrogens (primary N) is 1. The molecule has 5 nitrogen and oxygen atoms in total. The Labute approximate surface area is 99.6 Å². The van der Waals surface area contributed by atoms with E-state index >= 15 is 0 Å².